The minimum absolute atomic E-state index is 0.189. The van der Waals surface area contributed by atoms with Gasteiger partial charge in [-0.05, 0) is 39.4 Å². The third kappa shape index (κ3) is 5.33. The Bertz CT molecular complexity index is 566. The van der Waals surface area contributed by atoms with E-state index in [0.717, 1.165) is 18.7 Å². The number of nitrogens with one attached hydrogen (secondary N) is 2. The molecule has 1 heterocycles. The zero-order chi connectivity index (χ0) is 17.5. The van der Waals surface area contributed by atoms with Crippen LogP contribution in [0.1, 0.15) is 24.0 Å². The number of aryl methyl sites for hydroxylation is 1. The number of alkyl halides is 2. The molecule has 7 heteroatoms. The molecule has 5 nitrogen and oxygen atoms in total. The lowest BCUT2D eigenvalue weighted by Gasteiger charge is -2.21. The van der Waals surface area contributed by atoms with Crippen LogP contribution in [0.2, 0.25) is 0 Å². The molecular weight excluding hydrogens is 314 g/mol. The molecule has 134 valence electrons. The number of nitrogens with zero attached hydrogens (tertiary/aromatic N) is 2. The third-order valence-electron chi connectivity index (χ3n) is 4.28. The van der Waals surface area contributed by atoms with Crippen LogP contribution in [0.5, 0.6) is 5.75 Å². The molecule has 0 bridgehead atoms. The highest BCUT2D eigenvalue weighted by atomic mass is 19.3. The van der Waals surface area contributed by atoms with E-state index >= 15 is 0 Å². The normalized spacial score (nSPS) is 18.9. The fourth-order valence-electron chi connectivity index (χ4n) is 2.91. The van der Waals surface area contributed by atoms with Crippen molar-refractivity contribution in [2.24, 2.45) is 4.99 Å². The summed E-state index contributed by atoms with van der Waals surface area (Å²) in [6, 6.07) is 5.66. The molecule has 1 aromatic carbocycles. The van der Waals surface area contributed by atoms with Gasteiger partial charge in [0.15, 0.2) is 5.96 Å². The highest BCUT2D eigenvalue weighted by Crippen LogP contribution is 2.22. The predicted molar refractivity (Wildman–Crippen MR) is 91.7 cm³/mol. The Balaban J connectivity index is 1.91. The molecule has 0 aliphatic carbocycles. The van der Waals surface area contributed by atoms with Crippen molar-refractivity contribution in [3.8, 4) is 5.75 Å². The second-order valence-electron chi connectivity index (χ2n) is 6.07. The van der Waals surface area contributed by atoms with Gasteiger partial charge in [-0.3, -0.25) is 4.99 Å². The third-order valence-corrected chi connectivity index (χ3v) is 4.28. The Kier molecular flexibility index (Phi) is 6.78. The molecule has 1 aromatic rings. The number of aliphatic imine (C=N–C) groups is 1. The highest BCUT2D eigenvalue weighted by Gasteiger charge is 2.20. The van der Waals surface area contributed by atoms with E-state index in [2.05, 4.69) is 32.3 Å². The minimum atomic E-state index is -2.83. The molecule has 0 aromatic heterocycles. The average molecular weight is 340 g/mol. The number of hydrogen-bond donors (Lipinski definition) is 2. The summed E-state index contributed by atoms with van der Waals surface area (Å²) in [6.07, 6.45) is 2.39. The fourth-order valence-corrected chi connectivity index (χ4v) is 2.91. The van der Waals surface area contributed by atoms with Crippen LogP contribution in [-0.4, -0.2) is 50.7 Å². The Labute approximate surface area is 142 Å². The largest absolute Gasteiger partial charge is 0.434 e. The van der Waals surface area contributed by atoms with Crippen LogP contribution in [-0.2, 0) is 6.54 Å². The summed E-state index contributed by atoms with van der Waals surface area (Å²) in [4.78, 5) is 6.52. The molecule has 2 rings (SSSR count). The quantitative estimate of drug-likeness (QED) is 0.617. The van der Waals surface area contributed by atoms with Crippen LogP contribution in [0, 0.1) is 6.92 Å². The SMILES string of the molecule is CN=C(NCc1cc(C)ccc1OC(F)F)NCC1CCCN1C. The van der Waals surface area contributed by atoms with Crippen LogP contribution >= 0.6 is 0 Å². The van der Waals surface area contributed by atoms with E-state index in [1.54, 1.807) is 19.2 Å². The van der Waals surface area contributed by atoms with E-state index in [-0.39, 0.29) is 5.75 Å². The Morgan fingerprint density at radius 1 is 1.42 bits per heavy atom. The van der Waals surface area contributed by atoms with Crippen molar-refractivity contribution in [2.45, 2.75) is 39.0 Å². The molecule has 2 N–H and O–H groups in total. The van der Waals surface area contributed by atoms with E-state index < -0.39 is 6.61 Å². The summed E-state index contributed by atoms with van der Waals surface area (Å²) in [5.74, 6) is 0.842. The van der Waals surface area contributed by atoms with Crippen molar-refractivity contribution in [2.75, 3.05) is 27.2 Å². The standard InChI is InChI=1S/C17H26F2N4O/c1-12-6-7-15(24-16(18)19)13(9-12)10-21-17(20-2)22-11-14-5-4-8-23(14)3/h6-7,9,14,16H,4-5,8,10-11H2,1-3H3,(H2,20,21,22). The lowest BCUT2D eigenvalue weighted by atomic mass is 10.1. The van der Waals surface area contributed by atoms with Crippen molar-refractivity contribution < 1.29 is 13.5 Å². The highest BCUT2D eigenvalue weighted by molar-refractivity contribution is 5.79. The number of benzene rings is 1. The predicted octanol–water partition coefficient (Wildman–Crippen LogP) is 2.36. The van der Waals surface area contributed by atoms with Crippen molar-refractivity contribution in [3.05, 3.63) is 29.3 Å². The zero-order valence-electron chi connectivity index (χ0n) is 14.5. The maximum Gasteiger partial charge on any atom is 0.387 e. The van der Waals surface area contributed by atoms with Crippen LogP contribution in [0.3, 0.4) is 0 Å². The average Bonchev–Trinajstić information content (AvgIpc) is 2.94. The maximum absolute atomic E-state index is 12.5. The summed E-state index contributed by atoms with van der Waals surface area (Å²) >= 11 is 0. The summed E-state index contributed by atoms with van der Waals surface area (Å²) in [5, 5.41) is 6.46. The first-order valence-corrected chi connectivity index (χ1v) is 8.18. The monoisotopic (exact) mass is 340 g/mol. The van der Waals surface area contributed by atoms with E-state index in [4.69, 9.17) is 0 Å². The summed E-state index contributed by atoms with van der Waals surface area (Å²) in [5.41, 5.74) is 1.67. The van der Waals surface area contributed by atoms with Gasteiger partial charge >= 0.3 is 6.61 Å². The first-order valence-electron chi connectivity index (χ1n) is 8.18. The second kappa shape index (κ2) is 8.82. The molecule has 1 atom stereocenters. The molecule has 1 fully saturated rings. The van der Waals surface area contributed by atoms with Gasteiger partial charge in [-0.2, -0.15) is 8.78 Å². The van der Waals surface area contributed by atoms with Crippen LogP contribution in [0.25, 0.3) is 0 Å². The minimum Gasteiger partial charge on any atom is -0.434 e. The molecule has 24 heavy (non-hydrogen) atoms. The van der Waals surface area contributed by atoms with Gasteiger partial charge in [0.25, 0.3) is 0 Å². The number of guanidine groups is 1. The van der Waals surface area contributed by atoms with E-state index in [9.17, 15) is 8.78 Å². The summed E-state index contributed by atoms with van der Waals surface area (Å²) in [7, 11) is 3.82. The van der Waals surface area contributed by atoms with Gasteiger partial charge in [-0.1, -0.05) is 17.7 Å². The summed E-state index contributed by atoms with van der Waals surface area (Å²) in [6.45, 7) is 1.38. The van der Waals surface area contributed by atoms with Crippen LogP contribution in [0.4, 0.5) is 8.78 Å². The lowest BCUT2D eigenvalue weighted by molar-refractivity contribution is -0.0504. The van der Waals surface area contributed by atoms with E-state index in [1.807, 2.05) is 13.0 Å². The lowest BCUT2D eigenvalue weighted by Crippen LogP contribution is -2.43. The molecule has 0 radical (unpaired) electrons. The van der Waals surface area contributed by atoms with Gasteiger partial charge in [-0.15, -0.1) is 0 Å². The first-order chi connectivity index (χ1) is 11.5. The van der Waals surface area contributed by atoms with Gasteiger partial charge in [-0.25, -0.2) is 0 Å². The number of ether oxygens (including phenoxy) is 1. The number of rotatable bonds is 6. The molecule has 0 saturated carbocycles. The van der Waals surface area contributed by atoms with E-state index in [1.165, 1.54) is 12.8 Å². The van der Waals surface area contributed by atoms with Gasteiger partial charge < -0.3 is 20.3 Å². The zero-order valence-corrected chi connectivity index (χ0v) is 14.5. The Hall–Kier alpha value is -1.89. The van der Waals surface area contributed by atoms with Gasteiger partial charge in [0.2, 0.25) is 0 Å². The van der Waals surface area contributed by atoms with Gasteiger partial charge in [0.05, 0.1) is 0 Å². The fraction of sp³-hybridized carbons (Fsp3) is 0.588. The van der Waals surface area contributed by atoms with Crippen molar-refractivity contribution in [3.63, 3.8) is 0 Å². The summed E-state index contributed by atoms with van der Waals surface area (Å²) < 4.78 is 29.6. The second-order valence-corrected chi connectivity index (χ2v) is 6.07. The molecular formula is C17H26F2N4O. The smallest absolute Gasteiger partial charge is 0.387 e. The number of likely N-dealkylation sites (N-methyl/N-ethyl adjacent to an activating group) is 1. The Morgan fingerprint density at radius 2 is 2.21 bits per heavy atom. The topological polar surface area (TPSA) is 48.9 Å². The van der Waals surface area contributed by atoms with Crippen LogP contribution in [0.15, 0.2) is 23.2 Å². The van der Waals surface area contributed by atoms with Gasteiger partial charge in [0.1, 0.15) is 5.75 Å². The van der Waals surface area contributed by atoms with Gasteiger partial charge in [0, 0.05) is 31.7 Å². The molecule has 1 aliphatic heterocycles. The van der Waals surface area contributed by atoms with Crippen molar-refractivity contribution in [1.82, 2.24) is 15.5 Å². The molecule has 1 saturated heterocycles. The van der Waals surface area contributed by atoms with Crippen LogP contribution < -0.4 is 15.4 Å². The molecule has 0 spiro atoms. The first kappa shape index (κ1) is 18.4. The number of halogens is 2. The Morgan fingerprint density at radius 3 is 2.83 bits per heavy atom. The molecule has 0 amide bonds. The van der Waals surface area contributed by atoms with Crippen molar-refractivity contribution in [1.29, 1.82) is 0 Å². The maximum atomic E-state index is 12.5. The molecule has 1 aliphatic rings. The molecule has 1 unspecified atom stereocenters. The van der Waals surface area contributed by atoms with Crippen molar-refractivity contribution >= 4 is 5.96 Å². The number of hydrogen-bond acceptors (Lipinski definition) is 3. The van der Waals surface area contributed by atoms with E-state index in [0.29, 0.717) is 24.1 Å². The number of likely N-dealkylation sites (tertiary alicyclic amines) is 1.